The average Bonchev–Trinajstić information content (AvgIpc) is 3.70. The van der Waals surface area contributed by atoms with E-state index < -0.39 is 0 Å². The molecular weight excluding hydrogens is 611 g/mol. The lowest BCUT2D eigenvalue weighted by atomic mass is 9.93. The number of benzene rings is 7. The summed E-state index contributed by atoms with van der Waals surface area (Å²) in [6.45, 7) is 0. The van der Waals surface area contributed by atoms with Crippen LogP contribution in [0, 0.1) is 34.0 Å². The maximum Gasteiger partial charge on any atom is 0.101 e. The van der Waals surface area contributed by atoms with E-state index in [1.54, 1.807) is 18.2 Å². The molecule has 2 aromatic heterocycles. The summed E-state index contributed by atoms with van der Waals surface area (Å²) in [4.78, 5) is 0. The maximum absolute atomic E-state index is 10.4. The van der Waals surface area contributed by atoms with Gasteiger partial charge in [0.25, 0.3) is 0 Å². The topological polar surface area (TPSA) is 81.2 Å². The molecule has 5 heteroatoms. The van der Waals surface area contributed by atoms with E-state index in [0.29, 0.717) is 27.9 Å². The first-order chi connectivity index (χ1) is 24.7. The molecule has 0 N–H and O–H groups in total. The van der Waals surface area contributed by atoms with E-state index >= 15 is 0 Å². The number of hydrogen-bond donors (Lipinski definition) is 0. The number of para-hydroxylation sites is 3. The number of nitrogens with zero attached hydrogens (tertiary/aromatic N) is 5. The van der Waals surface area contributed by atoms with Gasteiger partial charge in [-0.3, -0.25) is 0 Å². The van der Waals surface area contributed by atoms with Crippen molar-refractivity contribution >= 4 is 43.6 Å². The summed E-state index contributed by atoms with van der Waals surface area (Å²) >= 11 is 0. The summed E-state index contributed by atoms with van der Waals surface area (Å²) in [5, 5.41) is 34.8. The van der Waals surface area contributed by atoms with Gasteiger partial charge in [-0.2, -0.15) is 15.8 Å². The molecule has 0 saturated carbocycles. The van der Waals surface area contributed by atoms with E-state index in [-0.39, 0.29) is 0 Å². The summed E-state index contributed by atoms with van der Waals surface area (Å²) in [6, 6.07) is 57.8. The monoisotopic (exact) mass is 635 g/mol. The summed E-state index contributed by atoms with van der Waals surface area (Å²) < 4.78 is 4.37. The van der Waals surface area contributed by atoms with Gasteiger partial charge < -0.3 is 9.13 Å². The smallest absolute Gasteiger partial charge is 0.101 e. The summed E-state index contributed by atoms with van der Waals surface area (Å²) in [7, 11) is 0. The van der Waals surface area contributed by atoms with E-state index in [4.69, 9.17) is 0 Å². The van der Waals surface area contributed by atoms with Gasteiger partial charge in [0.05, 0.1) is 56.6 Å². The molecule has 0 fully saturated rings. The van der Waals surface area contributed by atoms with Crippen LogP contribution < -0.4 is 0 Å². The van der Waals surface area contributed by atoms with Crippen molar-refractivity contribution in [1.82, 2.24) is 9.13 Å². The molecule has 9 aromatic rings. The van der Waals surface area contributed by atoms with Crippen LogP contribution in [-0.2, 0) is 0 Å². The van der Waals surface area contributed by atoms with Crippen molar-refractivity contribution in [2.45, 2.75) is 0 Å². The van der Waals surface area contributed by atoms with Crippen LogP contribution in [0.25, 0.3) is 77.2 Å². The number of hydrogen-bond acceptors (Lipinski definition) is 3. The molecule has 0 atom stereocenters. The molecule has 5 nitrogen and oxygen atoms in total. The predicted molar refractivity (Wildman–Crippen MR) is 200 cm³/mol. The van der Waals surface area contributed by atoms with Crippen molar-refractivity contribution < 1.29 is 0 Å². The molecule has 50 heavy (non-hydrogen) atoms. The molecule has 0 aliphatic heterocycles. The zero-order chi connectivity index (χ0) is 33.8. The summed E-state index contributed by atoms with van der Waals surface area (Å²) in [6.07, 6.45) is 0. The second-order valence-corrected chi connectivity index (χ2v) is 12.3. The summed E-state index contributed by atoms with van der Waals surface area (Å²) in [5.41, 5.74) is 10.9. The lowest BCUT2D eigenvalue weighted by Gasteiger charge is -2.17. The lowest BCUT2D eigenvalue weighted by Crippen LogP contribution is -2.03. The molecule has 9 rings (SSSR count). The SMILES string of the molecule is N#Cc1ccc2c(c1)c1ccccc1n2-c1c(C#N)ccc(C#N)c1-c1ccc(-c2cccc(-n3c4ccccc4c4ccccc43)c2)cc1. The van der Waals surface area contributed by atoms with Crippen molar-refractivity contribution in [2.24, 2.45) is 0 Å². The van der Waals surface area contributed by atoms with Gasteiger partial charge >= 0.3 is 0 Å². The normalized spacial score (nSPS) is 11.1. The predicted octanol–water partition coefficient (Wildman–Crippen LogP) is 10.8. The Morgan fingerprint density at radius 1 is 0.380 bits per heavy atom. The fourth-order valence-corrected chi connectivity index (χ4v) is 7.44. The third-order valence-corrected chi connectivity index (χ3v) is 9.64. The fraction of sp³-hybridized carbons (Fsp3) is 0. The van der Waals surface area contributed by atoms with Crippen LogP contribution in [0.15, 0.2) is 152 Å². The van der Waals surface area contributed by atoms with E-state index in [2.05, 4.69) is 112 Å². The number of fused-ring (bicyclic) bond motifs is 6. The van der Waals surface area contributed by atoms with Crippen LogP contribution in [0.1, 0.15) is 16.7 Å². The van der Waals surface area contributed by atoms with Crippen molar-refractivity contribution in [3.8, 4) is 51.8 Å². The Kier molecular flexibility index (Phi) is 6.56. The number of nitriles is 3. The highest BCUT2D eigenvalue weighted by Crippen LogP contribution is 2.40. The summed E-state index contributed by atoms with van der Waals surface area (Å²) in [5.74, 6) is 0. The van der Waals surface area contributed by atoms with Gasteiger partial charge in [0.15, 0.2) is 0 Å². The van der Waals surface area contributed by atoms with Gasteiger partial charge in [0.2, 0.25) is 0 Å². The highest BCUT2D eigenvalue weighted by atomic mass is 15.0. The molecule has 2 heterocycles. The Morgan fingerprint density at radius 2 is 0.940 bits per heavy atom. The Balaban J connectivity index is 1.21. The lowest BCUT2D eigenvalue weighted by molar-refractivity contribution is 1.16. The largest absolute Gasteiger partial charge is 0.309 e. The molecular formula is C45H25N5. The number of aromatic nitrogens is 2. The Bertz CT molecular complexity index is 2900. The standard InChI is InChI=1S/C45H25N5/c46-26-29-16-23-43-39(24-29)38-12-3-6-15-42(38)50(43)45-34(28-48)22-21-33(27-47)44(45)31-19-17-30(18-20-31)32-8-7-9-35(25-32)49-40-13-4-1-10-36(40)37-11-2-5-14-41(37)49/h1-25H. The number of rotatable bonds is 4. The van der Waals surface area contributed by atoms with E-state index in [1.165, 1.54) is 10.8 Å². The Hall–Kier alpha value is -7.39. The maximum atomic E-state index is 10.4. The minimum Gasteiger partial charge on any atom is -0.309 e. The molecule has 0 aliphatic rings. The van der Waals surface area contributed by atoms with Gasteiger partial charge in [-0.05, 0) is 77.4 Å². The highest BCUT2D eigenvalue weighted by molar-refractivity contribution is 6.11. The first-order valence-electron chi connectivity index (χ1n) is 16.3. The molecule has 7 aromatic carbocycles. The third-order valence-electron chi connectivity index (χ3n) is 9.64. The van der Waals surface area contributed by atoms with Crippen LogP contribution in [0.5, 0.6) is 0 Å². The molecule has 0 saturated heterocycles. The zero-order valence-corrected chi connectivity index (χ0v) is 26.7. The van der Waals surface area contributed by atoms with Gasteiger partial charge in [0, 0.05) is 32.8 Å². The molecule has 0 bridgehead atoms. The molecule has 0 amide bonds. The Labute approximate surface area is 287 Å². The minimum atomic E-state index is 0.453. The average molecular weight is 636 g/mol. The highest BCUT2D eigenvalue weighted by Gasteiger charge is 2.22. The quantitative estimate of drug-likeness (QED) is 0.193. The van der Waals surface area contributed by atoms with E-state index in [0.717, 1.165) is 55.2 Å². The molecule has 0 radical (unpaired) electrons. The van der Waals surface area contributed by atoms with E-state index in [9.17, 15) is 15.8 Å². The van der Waals surface area contributed by atoms with E-state index in [1.807, 2.05) is 48.5 Å². The zero-order valence-electron chi connectivity index (χ0n) is 26.7. The van der Waals surface area contributed by atoms with Crippen molar-refractivity contribution in [2.75, 3.05) is 0 Å². The second kappa shape index (κ2) is 11.4. The van der Waals surface area contributed by atoms with Gasteiger partial charge in [-0.1, -0.05) is 91.0 Å². The second-order valence-electron chi connectivity index (χ2n) is 12.3. The van der Waals surface area contributed by atoms with Crippen LogP contribution in [-0.4, -0.2) is 9.13 Å². The first-order valence-corrected chi connectivity index (χ1v) is 16.3. The van der Waals surface area contributed by atoms with Crippen molar-refractivity contribution in [3.63, 3.8) is 0 Å². The van der Waals surface area contributed by atoms with Gasteiger partial charge in [-0.15, -0.1) is 0 Å². The van der Waals surface area contributed by atoms with Crippen molar-refractivity contribution in [1.29, 1.82) is 15.8 Å². The van der Waals surface area contributed by atoms with Crippen LogP contribution in [0.2, 0.25) is 0 Å². The van der Waals surface area contributed by atoms with Crippen LogP contribution >= 0.6 is 0 Å². The molecule has 0 unspecified atom stereocenters. The first kappa shape index (κ1) is 28.8. The molecule has 230 valence electrons. The fourth-order valence-electron chi connectivity index (χ4n) is 7.44. The molecule has 0 aliphatic carbocycles. The molecule has 0 spiro atoms. The van der Waals surface area contributed by atoms with Gasteiger partial charge in [-0.25, -0.2) is 0 Å². The minimum absolute atomic E-state index is 0.453. The third kappa shape index (κ3) is 4.31. The van der Waals surface area contributed by atoms with Gasteiger partial charge in [0.1, 0.15) is 6.07 Å². The van der Waals surface area contributed by atoms with Crippen molar-refractivity contribution in [3.05, 3.63) is 168 Å². The Morgan fingerprint density at radius 3 is 1.58 bits per heavy atom. The van der Waals surface area contributed by atoms with Crippen LogP contribution in [0.3, 0.4) is 0 Å². The van der Waals surface area contributed by atoms with Crippen LogP contribution in [0.4, 0.5) is 0 Å².